The van der Waals surface area contributed by atoms with Crippen LogP contribution in [0.15, 0.2) is 10.8 Å². The average Bonchev–Trinajstić information content (AvgIpc) is 2.75. The minimum atomic E-state index is 0.330. The molecule has 17 heavy (non-hydrogen) atoms. The molecular formula is C14H20N2O. The Morgan fingerprint density at radius 2 is 1.76 bits per heavy atom. The molecule has 0 amide bonds. The molecule has 0 atom stereocenters. The van der Waals surface area contributed by atoms with Crippen LogP contribution in [0.2, 0.25) is 0 Å². The predicted octanol–water partition coefficient (Wildman–Crippen LogP) is 2.60. The fourth-order valence-electron chi connectivity index (χ4n) is 5.24. The molecule has 0 saturated heterocycles. The minimum absolute atomic E-state index is 0.330. The zero-order valence-electron chi connectivity index (χ0n) is 10.2. The molecule has 0 aliphatic heterocycles. The molecule has 0 aromatic carbocycles. The first kappa shape index (κ1) is 10.1. The van der Waals surface area contributed by atoms with E-state index in [0.29, 0.717) is 12.0 Å². The van der Waals surface area contributed by atoms with Crippen LogP contribution < -0.4 is 5.73 Å². The lowest BCUT2D eigenvalue weighted by molar-refractivity contribution is -0.00880. The molecule has 4 fully saturated rings. The molecule has 4 bridgehead atoms. The average molecular weight is 232 g/mol. The normalized spacial score (nSPS) is 43.2. The van der Waals surface area contributed by atoms with Crippen LogP contribution in [0.4, 0.5) is 0 Å². The highest BCUT2D eigenvalue weighted by molar-refractivity contribution is 5.28. The summed E-state index contributed by atoms with van der Waals surface area (Å²) in [5.74, 6) is 2.84. The lowest BCUT2D eigenvalue weighted by Crippen LogP contribution is -2.49. The van der Waals surface area contributed by atoms with Gasteiger partial charge in [-0.3, -0.25) is 0 Å². The molecule has 1 heterocycles. The van der Waals surface area contributed by atoms with Gasteiger partial charge in [-0.1, -0.05) is 5.16 Å². The van der Waals surface area contributed by atoms with Gasteiger partial charge in [0.25, 0.3) is 0 Å². The molecular weight excluding hydrogens is 212 g/mol. The molecule has 0 spiro atoms. The molecule has 4 aliphatic carbocycles. The summed E-state index contributed by atoms with van der Waals surface area (Å²) in [5, 5.41) is 4.32. The summed E-state index contributed by atoms with van der Waals surface area (Å²) < 4.78 is 5.20. The lowest BCUT2D eigenvalue weighted by atomic mass is 9.48. The summed E-state index contributed by atoms with van der Waals surface area (Å²) in [4.78, 5) is 0. The maximum atomic E-state index is 5.81. The molecule has 3 heteroatoms. The topological polar surface area (TPSA) is 52.0 Å². The van der Waals surface area contributed by atoms with Gasteiger partial charge in [-0.25, -0.2) is 0 Å². The predicted molar refractivity (Wildman–Crippen MR) is 64.2 cm³/mol. The quantitative estimate of drug-likeness (QED) is 0.852. The maximum Gasteiger partial charge on any atom is 0.128 e. The van der Waals surface area contributed by atoms with Crippen LogP contribution >= 0.6 is 0 Å². The Hall–Kier alpha value is -0.830. The molecule has 0 unspecified atom stereocenters. The lowest BCUT2D eigenvalue weighted by Gasteiger charge is -2.56. The van der Waals surface area contributed by atoms with Gasteiger partial charge in [-0.05, 0) is 56.3 Å². The van der Waals surface area contributed by atoms with Crippen molar-refractivity contribution in [2.45, 2.75) is 50.5 Å². The smallest absolute Gasteiger partial charge is 0.128 e. The van der Waals surface area contributed by atoms with Crippen LogP contribution in [0, 0.1) is 17.8 Å². The van der Waals surface area contributed by atoms with Crippen LogP contribution in [-0.4, -0.2) is 5.16 Å². The number of aromatic nitrogens is 1. The van der Waals surface area contributed by atoms with Gasteiger partial charge < -0.3 is 10.3 Å². The zero-order chi connectivity index (χ0) is 11.5. The molecule has 1 aromatic heterocycles. The van der Waals surface area contributed by atoms with Gasteiger partial charge in [0.15, 0.2) is 0 Å². The molecule has 92 valence electrons. The summed E-state index contributed by atoms with van der Waals surface area (Å²) in [7, 11) is 0. The Labute approximate surface area is 102 Å². The van der Waals surface area contributed by atoms with Crippen molar-refractivity contribution in [2.24, 2.45) is 23.5 Å². The van der Waals surface area contributed by atoms with Gasteiger partial charge in [0.05, 0.1) is 5.69 Å². The summed E-state index contributed by atoms with van der Waals surface area (Å²) >= 11 is 0. The first-order chi connectivity index (χ1) is 8.29. The standard InChI is InChI=1S/C14H20N2O/c15-7-12-8-17-16-13(12)14-4-9-1-10(5-14)3-11(2-9)6-14/h8-11H,1-7,15H2. The molecule has 5 rings (SSSR count). The van der Waals surface area contributed by atoms with Gasteiger partial charge in [-0.15, -0.1) is 0 Å². The number of nitrogens with two attached hydrogens (primary N) is 1. The first-order valence-electron chi connectivity index (χ1n) is 6.93. The number of nitrogens with zero attached hydrogens (tertiary/aromatic N) is 1. The second-order valence-electron chi connectivity index (χ2n) is 6.59. The molecule has 4 saturated carbocycles. The SMILES string of the molecule is NCc1conc1C12CC3CC(CC(C3)C1)C2. The van der Waals surface area contributed by atoms with Crippen molar-refractivity contribution in [1.82, 2.24) is 5.16 Å². The summed E-state index contributed by atoms with van der Waals surface area (Å²) in [5.41, 5.74) is 8.50. The van der Waals surface area contributed by atoms with E-state index < -0.39 is 0 Å². The third-order valence-electron chi connectivity index (χ3n) is 5.40. The van der Waals surface area contributed by atoms with Gasteiger partial charge in [0, 0.05) is 17.5 Å². The van der Waals surface area contributed by atoms with Crippen molar-refractivity contribution in [3.63, 3.8) is 0 Å². The van der Waals surface area contributed by atoms with Gasteiger partial charge in [0.1, 0.15) is 6.26 Å². The molecule has 2 N–H and O–H groups in total. The number of hydrogen-bond donors (Lipinski definition) is 1. The Bertz CT molecular complexity index is 402. The first-order valence-corrected chi connectivity index (χ1v) is 6.93. The Balaban J connectivity index is 1.77. The van der Waals surface area contributed by atoms with Crippen LogP contribution in [-0.2, 0) is 12.0 Å². The highest BCUT2D eigenvalue weighted by Gasteiger charge is 2.53. The van der Waals surface area contributed by atoms with Gasteiger partial charge >= 0.3 is 0 Å². The van der Waals surface area contributed by atoms with Crippen molar-refractivity contribution in [2.75, 3.05) is 0 Å². The largest absolute Gasteiger partial charge is 0.364 e. The van der Waals surface area contributed by atoms with E-state index in [1.807, 2.05) is 0 Å². The second kappa shape index (κ2) is 3.35. The van der Waals surface area contributed by atoms with Gasteiger partial charge in [-0.2, -0.15) is 0 Å². The monoisotopic (exact) mass is 232 g/mol. The van der Waals surface area contributed by atoms with Gasteiger partial charge in [0.2, 0.25) is 0 Å². The minimum Gasteiger partial charge on any atom is -0.364 e. The fraction of sp³-hybridized carbons (Fsp3) is 0.786. The van der Waals surface area contributed by atoms with Crippen LogP contribution in [0.1, 0.15) is 49.8 Å². The van der Waals surface area contributed by atoms with Crippen LogP contribution in [0.3, 0.4) is 0 Å². The van der Waals surface area contributed by atoms with Crippen LogP contribution in [0.5, 0.6) is 0 Å². The van der Waals surface area contributed by atoms with E-state index in [1.54, 1.807) is 6.26 Å². The van der Waals surface area contributed by atoms with E-state index in [-0.39, 0.29) is 0 Å². The third kappa shape index (κ3) is 1.35. The molecule has 0 radical (unpaired) electrons. The zero-order valence-corrected chi connectivity index (χ0v) is 10.2. The van der Waals surface area contributed by atoms with Crippen molar-refractivity contribution in [1.29, 1.82) is 0 Å². The summed E-state index contributed by atoms with van der Waals surface area (Å²) in [6, 6.07) is 0. The van der Waals surface area contributed by atoms with E-state index in [4.69, 9.17) is 10.3 Å². The third-order valence-corrected chi connectivity index (χ3v) is 5.40. The number of hydrogen-bond acceptors (Lipinski definition) is 3. The molecule has 3 nitrogen and oxygen atoms in total. The van der Waals surface area contributed by atoms with E-state index in [0.717, 1.165) is 23.3 Å². The van der Waals surface area contributed by atoms with Crippen molar-refractivity contribution in [3.8, 4) is 0 Å². The Morgan fingerprint density at radius 3 is 2.29 bits per heavy atom. The molecule has 1 aromatic rings. The fourth-order valence-corrected chi connectivity index (χ4v) is 5.24. The highest BCUT2D eigenvalue weighted by atomic mass is 16.5. The van der Waals surface area contributed by atoms with Crippen molar-refractivity contribution in [3.05, 3.63) is 17.5 Å². The van der Waals surface area contributed by atoms with E-state index in [9.17, 15) is 0 Å². The molecule has 4 aliphatic rings. The Morgan fingerprint density at radius 1 is 1.18 bits per heavy atom. The van der Waals surface area contributed by atoms with E-state index in [2.05, 4.69) is 5.16 Å². The van der Waals surface area contributed by atoms with Crippen molar-refractivity contribution >= 4 is 0 Å². The highest BCUT2D eigenvalue weighted by Crippen LogP contribution is 2.60. The Kier molecular flexibility index (Phi) is 1.99. The van der Waals surface area contributed by atoms with Crippen LogP contribution in [0.25, 0.3) is 0 Å². The summed E-state index contributed by atoms with van der Waals surface area (Å²) in [6.45, 7) is 0.570. The van der Waals surface area contributed by atoms with E-state index in [1.165, 1.54) is 44.2 Å². The number of rotatable bonds is 2. The summed E-state index contributed by atoms with van der Waals surface area (Å²) in [6.07, 6.45) is 10.2. The van der Waals surface area contributed by atoms with Crippen molar-refractivity contribution < 1.29 is 4.52 Å². The maximum absolute atomic E-state index is 5.81. The second-order valence-corrected chi connectivity index (χ2v) is 6.59. The van der Waals surface area contributed by atoms with E-state index >= 15 is 0 Å².